The highest BCUT2D eigenvalue weighted by Crippen LogP contribution is 2.26. The fraction of sp³-hybridized carbons (Fsp3) is 0.370. The van der Waals surface area contributed by atoms with Crippen molar-refractivity contribution in [3.8, 4) is 5.75 Å². The van der Waals surface area contributed by atoms with Gasteiger partial charge in [0.2, 0.25) is 5.95 Å². The molecule has 3 aromatic rings. The summed E-state index contributed by atoms with van der Waals surface area (Å²) >= 11 is 12.2. The van der Waals surface area contributed by atoms with E-state index in [2.05, 4.69) is 10.6 Å². The number of halogens is 2. The van der Waals surface area contributed by atoms with Gasteiger partial charge in [0.15, 0.2) is 0 Å². The van der Waals surface area contributed by atoms with Crippen molar-refractivity contribution in [2.45, 2.75) is 38.4 Å². The van der Waals surface area contributed by atoms with Crippen LogP contribution in [0.15, 0.2) is 47.3 Å². The molecule has 2 aromatic carbocycles. The van der Waals surface area contributed by atoms with E-state index in [1.807, 2.05) is 28.8 Å². The number of amides is 1. The van der Waals surface area contributed by atoms with Gasteiger partial charge in [-0.25, -0.2) is 4.98 Å². The molecule has 0 bridgehead atoms. The first-order valence-corrected chi connectivity index (χ1v) is 13.2. The van der Waals surface area contributed by atoms with E-state index in [0.717, 1.165) is 37.2 Å². The predicted octanol–water partition coefficient (Wildman–Crippen LogP) is 4.29. The standard InChI is InChI=1S/C27H29Cl2N5O3/c1-37-20-7-4-17(5-8-20)14-31-27-32-24-16-33(25(35)18-6-9-22(28)23(29)13-18)12-10-21(24)26(36)34(27)19-3-2-11-30-15-19/h4-9,13,19,30H,2-3,10-12,14-16H2,1H3,(H,31,32). The number of fused-ring (bicyclic) bond motifs is 1. The summed E-state index contributed by atoms with van der Waals surface area (Å²) in [5, 5.41) is 7.52. The van der Waals surface area contributed by atoms with Crippen molar-refractivity contribution in [2.75, 3.05) is 32.1 Å². The van der Waals surface area contributed by atoms with Gasteiger partial charge in [-0.2, -0.15) is 0 Å². The van der Waals surface area contributed by atoms with E-state index < -0.39 is 0 Å². The molecule has 1 saturated heterocycles. The second-order valence-corrected chi connectivity index (χ2v) is 10.2. The summed E-state index contributed by atoms with van der Waals surface area (Å²) < 4.78 is 7.06. The zero-order valence-electron chi connectivity index (χ0n) is 20.6. The third-order valence-corrected chi connectivity index (χ3v) is 7.71. The molecule has 8 nitrogen and oxygen atoms in total. The van der Waals surface area contributed by atoms with Gasteiger partial charge >= 0.3 is 0 Å². The maximum Gasteiger partial charge on any atom is 0.258 e. The molecule has 1 unspecified atom stereocenters. The highest BCUT2D eigenvalue weighted by molar-refractivity contribution is 6.42. The first-order valence-electron chi connectivity index (χ1n) is 12.4. The van der Waals surface area contributed by atoms with Crippen molar-refractivity contribution >= 4 is 35.1 Å². The molecule has 37 heavy (non-hydrogen) atoms. The van der Waals surface area contributed by atoms with Gasteiger partial charge in [0.25, 0.3) is 11.5 Å². The van der Waals surface area contributed by atoms with Gasteiger partial charge in [0.05, 0.1) is 35.4 Å². The van der Waals surface area contributed by atoms with Crippen molar-refractivity contribution < 1.29 is 9.53 Å². The number of aromatic nitrogens is 2. The number of carbonyl (C=O) groups excluding carboxylic acids is 1. The van der Waals surface area contributed by atoms with Crippen LogP contribution in [0.1, 0.15) is 46.1 Å². The average Bonchev–Trinajstić information content (AvgIpc) is 2.93. The van der Waals surface area contributed by atoms with Crippen LogP contribution in [0.2, 0.25) is 10.0 Å². The third kappa shape index (κ3) is 5.46. The molecular formula is C27H29Cl2N5O3. The molecule has 0 spiro atoms. The molecule has 1 atom stereocenters. The summed E-state index contributed by atoms with van der Waals surface area (Å²) in [5.41, 5.74) is 2.77. The monoisotopic (exact) mass is 541 g/mol. The number of ether oxygens (including phenoxy) is 1. The molecule has 3 heterocycles. The normalized spacial score (nSPS) is 17.3. The quantitative estimate of drug-likeness (QED) is 0.483. The van der Waals surface area contributed by atoms with Crippen LogP contribution in [0.4, 0.5) is 5.95 Å². The lowest BCUT2D eigenvalue weighted by molar-refractivity contribution is 0.0731. The Bertz CT molecular complexity index is 1350. The number of anilines is 1. The maximum atomic E-state index is 13.8. The lowest BCUT2D eigenvalue weighted by Gasteiger charge is -2.32. The predicted molar refractivity (Wildman–Crippen MR) is 145 cm³/mol. The Hall–Kier alpha value is -3.07. The number of carbonyl (C=O) groups is 1. The largest absolute Gasteiger partial charge is 0.497 e. The summed E-state index contributed by atoms with van der Waals surface area (Å²) in [4.78, 5) is 33.6. The lowest BCUT2D eigenvalue weighted by atomic mass is 10.0. The molecule has 2 aliphatic rings. The number of hydrogen-bond donors (Lipinski definition) is 2. The SMILES string of the molecule is COc1ccc(CNc2nc3c(c(=O)n2C2CCCNC2)CCN(C(=O)c2ccc(Cl)c(Cl)c2)C3)cc1. The highest BCUT2D eigenvalue weighted by Gasteiger charge is 2.29. The number of piperidine rings is 1. The Balaban J connectivity index is 1.44. The van der Waals surface area contributed by atoms with Gasteiger partial charge in [-0.05, 0) is 61.7 Å². The van der Waals surface area contributed by atoms with E-state index in [4.69, 9.17) is 32.9 Å². The molecule has 2 N–H and O–H groups in total. The molecule has 1 amide bonds. The molecular weight excluding hydrogens is 513 g/mol. The summed E-state index contributed by atoms with van der Waals surface area (Å²) in [6.07, 6.45) is 2.36. The second-order valence-electron chi connectivity index (χ2n) is 9.34. The molecule has 0 aliphatic carbocycles. The van der Waals surface area contributed by atoms with E-state index in [1.54, 1.807) is 30.2 Å². The van der Waals surface area contributed by atoms with Gasteiger partial charge in [-0.15, -0.1) is 0 Å². The van der Waals surface area contributed by atoms with Crippen molar-refractivity contribution in [3.63, 3.8) is 0 Å². The molecule has 10 heteroatoms. The van der Waals surface area contributed by atoms with Crippen LogP contribution < -0.4 is 20.9 Å². The summed E-state index contributed by atoms with van der Waals surface area (Å²) in [6, 6.07) is 12.6. The van der Waals surface area contributed by atoms with Gasteiger partial charge in [-0.3, -0.25) is 14.2 Å². The molecule has 1 fully saturated rings. The van der Waals surface area contributed by atoms with Crippen molar-refractivity contribution in [3.05, 3.63) is 85.2 Å². The fourth-order valence-electron chi connectivity index (χ4n) is 4.93. The van der Waals surface area contributed by atoms with Crippen LogP contribution in [0.3, 0.4) is 0 Å². The Morgan fingerprint density at radius 3 is 2.70 bits per heavy atom. The first-order chi connectivity index (χ1) is 17.9. The average molecular weight is 542 g/mol. The van der Waals surface area contributed by atoms with Gasteiger partial charge in [-0.1, -0.05) is 35.3 Å². The molecule has 2 aliphatic heterocycles. The van der Waals surface area contributed by atoms with E-state index >= 15 is 0 Å². The van der Waals surface area contributed by atoms with Crippen molar-refractivity contribution in [1.29, 1.82) is 0 Å². The van der Waals surface area contributed by atoms with Crippen LogP contribution >= 0.6 is 23.2 Å². The minimum atomic E-state index is -0.167. The second kappa shape index (κ2) is 11.1. The summed E-state index contributed by atoms with van der Waals surface area (Å²) in [6.45, 7) is 2.86. The van der Waals surface area contributed by atoms with Crippen molar-refractivity contribution in [1.82, 2.24) is 19.8 Å². The smallest absolute Gasteiger partial charge is 0.258 e. The molecule has 1 aromatic heterocycles. The lowest BCUT2D eigenvalue weighted by Crippen LogP contribution is -2.43. The fourth-order valence-corrected chi connectivity index (χ4v) is 5.23. The number of nitrogens with zero attached hydrogens (tertiary/aromatic N) is 3. The molecule has 194 valence electrons. The Morgan fingerprint density at radius 1 is 1.19 bits per heavy atom. The van der Waals surface area contributed by atoms with Crippen LogP contribution in [0, 0.1) is 0 Å². The van der Waals surface area contributed by atoms with Crippen LogP contribution in [-0.4, -0.2) is 47.1 Å². The highest BCUT2D eigenvalue weighted by atomic mass is 35.5. The maximum absolute atomic E-state index is 13.8. The van der Waals surface area contributed by atoms with Crippen LogP contribution in [-0.2, 0) is 19.5 Å². The van der Waals surface area contributed by atoms with E-state index in [-0.39, 0.29) is 24.1 Å². The number of methoxy groups -OCH3 is 1. The van der Waals surface area contributed by atoms with Crippen molar-refractivity contribution in [2.24, 2.45) is 0 Å². The summed E-state index contributed by atoms with van der Waals surface area (Å²) in [7, 11) is 1.64. The number of nitrogens with one attached hydrogen (secondary N) is 2. The zero-order valence-corrected chi connectivity index (χ0v) is 22.1. The van der Waals surface area contributed by atoms with E-state index in [9.17, 15) is 9.59 Å². The number of benzene rings is 2. The molecule has 0 saturated carbocycles. The minimum Gasteiger partial charge on any atom is -0.497 e. The zero-order chi connectivity index (χ0) is 25.9. The minimum absolute atomic E-state index is 0.0216. The van der Waals surface area contributed by atoms with Gasteiger partial charge in [0.1, 0.15) is 5.75 Å². The van der Waals surface area contributed by atoms with E-state index in [1.165, 1.54) is 0 Å². The molecule has 5 rings (SSSR count). The molecule has 0 radical (unpaired) electrons. The number of hydrogen-bond acceptors (Lipinski definition) is 6. The first kappa shape index (κ1) is 25.6. The van der Waals surface area contributed by atoms with Crippen LogP contribution in [0.5, 0.6) is 5.75 Å². The van der Waals surface area contributed by atoms with E-state index in [0.29, 0.717) is 52.3 Å². The van der Waals surface area contributed by atoms with Gasteiger partial charge < -0.3 is 20.3 Å². The third-order valence-electron chi connectivity index (χ3n) is 6.97. The Morgan fingerprint density at radius 2 is 2.00 bits per heavy atom. The Kier molecular flexibility index (Phi) is 7.69. The van der Waals surface area contributed by atoms with Crippen LogP contribution in [0.25, 0.3) is 0 Å². The summed E-state index contributed by atoms with van der Waals surface area (Å²) in [5.74, 6) is 1.14. The number of rotatable bonds is 6. The van der Waals surface area contributed by atoms with Gasteiger partial charge in [0, 0.05) is 30.8 Å². The Labute approximate surface area is 225 Å². The topological polar surface area (TPSA) is 88.5 Å².